The first kappa shape index (κ1) is 28.4. The summed E-state index contributed by atoms with van der Waals surface area (Å²) in [7, 11) is 0. The van der Waals surface area contributed by atoms with Crippen LogP contribution in [0.15, 0.2) is 66.9 Å². The Morgan fingerprint density at radius 3 is 1.95 bits per heavy atom. The normalized spacial score (nSPS) is 10.9. The van der Waals surface area contributed by atoms with Crippen LogP contribution in [0.3, 0.4) is 0 Å². The van der Waals surface area contributed by atoms with Gasteiger partial charge in [0.15, 0.2) is 0 Å². The molecule has 4 nitrogen and oxygen atoms in total. The minimum Gasteiger partial charge on any atom is -0.494 e. The number of carbonyl (C=O) groups is 1. The zero-order valence-corrected chi connectivity index (χ0v) is 22.7. The molecule has 0 radical (unpaired) electrons. The highest BCUT2D eigenvalue weighted by Gasteiger charge is 2.10. The molecule has 198 valence electrons. The molecular formula is C33H43NO3. The fourth-order valence-corrected chi connectivity index (χ4v) is 4.31. The van der Waals surface area contributed by atoms with Gasteiger partial charge in [-0.1, -0.05) is 83.8 Å². The Bertz CT molecular complexity index is 1030. The number of unbranched alkanes of at least 4 members (excludes halogenated alkanes) is 9. The second-order valence-electron chi connectivity index (χ2n) is 9.77. The van der Waals surface area contributed by atoms with E-state index in [0.29, 0.717) is 11.3 Å². The van der Waals surface area contributed by atoms with Gasteiger partial charge in [-0.15, -0.1) is 0 Å². The molecule has 0 atom stereocenters. The average molecular weight is 502 g/mol. The van der Waals surface area contributed by atoms with E-state index in [9.17, 15) is 4.79 Å². The number of nitrogens with zero attached hydrogens (tertiary/aromatic N) is 1. The van der Waals surface area contributed by atoms with E-state index >= 15 is 0 Å². The van der Waals surface area contributed by atoms with E-state index in [4.69, 9.17) is 9.47 Å². The molecule has 0 spiro atoms. The van der Waals surface area contributed by atoms with Crippen LogP contribution >= 0.6 is 0 Å². The largest absolute Gasteiger partial charge is 0.494 e. The van der Waals surface area contributed by atoms with E-state index in [0.717, 1.165) is 36.5 Å². The van der Waals surface area contributed by atoms with Gasteiger partial charge < -0.3 is 9.47 Å². The monoisotopic (exact) mass is 501 g/mol. The molecule has 37 heavy (non-hydrogen) atoms. The van der Waals surface area contributed by atoms with Gasteiger partial charge in [-0.05, 0) is 73.4 Å². The van der Waals surface area contributed by atoms with E-state index in [1.165, 1.54) is 69.8 Å². The van der Waals surface area contributed by atoms with Crippen molar-refractivity contribution in [1.29, 1.82) is 0 Å². The molecule has 2 aromatic carbocycles. The van der Waals surface area contributed by atoms with Crippen molar-refractivity contribution in [2.75, 3.05) is 6.61 Å². The fourth-order valence-electron chi connectivity index (χ4n) is 4.31. The zero-order valence-electron chi connectivity index (χ0n) is 22.7. The maximum atomic E-state index is 12.6. The summed E-state index contributed by atoms with van der Waals surface area (Å²) >= 11 is 0. The van der Waals surface area contributed by atoms with Gasteiger partial charge in [-0.3, -0.25) is 4.98 Å². The van der Waals surface area contributed by atoms with Crippen molar-refractivity contribution in [2.45, 2.75) is 90.9 Å². The minimum atomic E-state index is -0.363. The quantitative estimate of drug-likeness (QED) is 0.137. The Kier molecular flexibility index (Phi) is 12.7. The number of hydrogen-bond acceptors (Lipinski definition) is 4. The van der Waals surface area contributed by atoms with E-state index in [1.807, 2.05) is 54.6 Å². The second-order valence-corrected chi connectivity index (χ2v) is 9.77. The lowest BCUT2D eigenvalue weighted by Crippen LogP contribution is -2.08. The first-order chi connectivity index (χ1) is 18.2. The van der Waals surface area contributed by atoms with E-state index in [1.54, 1.807) is 12.3 Å². The highest BCUT2D eigenvalue weighted by molar-refractivity contribution is 5.91. The van der Waals surface area contributed by atoms with Crippen LogP contribution < -0.4 is 9.47 Å². The fraction of sp³-hybridized carbons (Fsp3) is 0.455. The number of benzene rings is 2. The SMILES string of the molecule is CCCCCCCCCc1ccc(C(=O)Oc2ccc(-c3ccc(OCCCCCC)cc3)nc2)cc1. The van der Waals surface area contributed by atoms with Gasteiger partial charge in [0.1, 0.15) is 11.5 Å². The molecule has 4 heteroatoms. The third-order valence-corrected chi connectivity index (χ3v) is 6.62. The Hall–Kier alpha value is -3.14. The van der Waals surface area contributed by atoms with Crippen molar-refractivity contribution in [3.05, 3.63) is 78.0 Å². The van der Waals surface area contributed by atoms with Crippen molar-refractivity contribution in [3.8, 4) is 22.8 Å². The van der Waals surface area contributed by atoms with Crippen LogP contribution in [0.2, 0.25) is 0 Å². The lowest BCUT2D eigenvalue weighted by atomic mass is 10.0. The number of aromatic nitrogens is 1. The zero-order chi connectivity index (χ0) is 26.1. The Morgan fingerprint density at radius 2 is 1.30 bits per heavy atom. The summed E-state index contributed by atoms with van der Waals surface area (Å²) in [6.45, 7) is 5.21. The van der Waals surface area contributed by atoms with Crippen LogP contribution in [0.1, 0.15) is 100 Å². The van der Waals surface area contributed by atoms with E-state index in [2.05, 4.69) is 18.8 Å². The number of aryl methyl sites for hydroxylation is 1. The second kappa shape index (κ2) is 16.6. The third kappa shape index (κ3) is 10.4. The molecule has 0 fully saturated rings. The topological polar surface area (TPSA) is 48.4 Å². The van der Waals surface area contributed by atoms with Gasteiger partial charge in [0, 0.05) is 5.56 Å². The maximum absolute atomic E-state index is 12.6. The summed E-state index contributed by atoms with van der Waals surface area (Å²) in [4.78, 5) is 17.1. The number of esters is 1. The highest BCUT2D eigenvalue weighted by atomic mass is 16.5. The minimum absolute atomic E-state index is 0.363. The van der Waals surface area contributed by atoms with Crippen LogP contribution in [-0.4, -0.2) is 17.6 Å². The van der Waals surface area contributed by atoms with E-state index in [-0.39, 0.29) is 5.97 Å². The van der Waals surface area contributed by atoms with Gasteiger partial charge in [-0.25, -0.2) is 4.79 Å². The smallest absolute Gasteiger partial charge is 0.343 e. The molecule has 0 unspecified atom stereocenters. The molecule has 0 amide bonds. The number of carbonyl (C=O) groups excluding carboxylic acids is 1. The lowest BCUT2D eigenvalue weighted by Gasteiger charge is -2.08. The first-order valence-corrected chi connectivity index (χ1v) is 14.2. The predicted octanol–water partition coefficient (Wildman–Crippen LogP) is 9.22. The maximum Gasteiger partial charge on any atom is 0.343 e. The van der Waals surface area contributed by atoms with Crippen LogP contribution in [-0.2, 0) is 6.42 Å². The standard InChI is InChI=1S/C33H43NO3/c1-3-5-7-9-10-11-12-14-27-15-17-29(18-16-27)33(35)37-31-23-24-32(34-26-31)28-19-21-30(22-20-28)36-25-13-8-6-4-2/h15-24,26H,3-14,25H2,1-2H3. The van der Waals surface area contributed by atoms with Gasteiger partial charge in [0.05, 0.1) is 24.1 Å². The molecule has 0 saturated heterocycles. The Morgan fingerprint density at radius 1 is 0.676 bits per heavy atom. The molecule has 0 aliphatic rings. The van der Waals surface area contributed by atoms with Crippen LogP contribution in [0.4, 0.5) is 0 Å². The molecular weight excluding hydrogens is 458 g/mol. The van der Waals surface area contributed by atoms with Crippen LogP contribution in [0, 0.1) is 0 Å². The molecule has 0 bridgehead atoms. The summed E-state index contributed by atoms with van der Waals surface area (Å²) in [6.07, 6.45) is 16.6. The van der Waals surface area contributed by atoms with Gasteiger partial charge >= 0.3 is 5.97 Å². The molecule has 1 aromatic heterocycles. The van der Waals surface area contributed by atoms with Crippen molar-refractivity contribution in [3.63, 3.8) is 0 Å². The average Bonchev–Trinajstić information content (AvgIpc) is 2.93. The summed E-state index contributed by atoms with van der Waals surface area (Å²) < 4.78 is 11.4. The molecule has 0 saturated carbocycles. The molecule has 0 N–H and O–H groups in total. The van der Waals surface area contributed by atoms with Crippen molar-refractivity contribution < 1.29 is 14.3 Å². The van der Waals surface area contributed by atoms with Gasteiger partial charge in [0.2, 0.25) is 0 Å². The van der Waals surface area contributed by atoms with Crippen LogP contribution in [0.5, 0.6) is 11.5 Å². The highest BCUT2D eigenvalue weighted by Crippen LogP contribution is 2.23. The molecule has 0 aliphatic heterocycles. The number of pyridine rings is 1. The summed E-state index contributed by atoms with van der Waals surface area (Å²) in [5.41, 5.74) is 3.64. The molecule has 0 aliphatic carbocycles. The summed E-state index contributed by atoms with van der Waals surface area (Å²) in [5.74, 6) is 0.949. The Balaban J connectivity index is 1.42. The van der Waals surface area contributed by atoms with Crippen LogP contribution in [0.25, 0.3) is 11.3 Å². The number of hydrogen-bond donors (Lipinski definition) is 0. The molecule has 3 aromatic rings. The predicted molar refractivity (Wildman–Crippen MR) is 152 cm³/mol. The molecule has 1 heterocycles. The number of rotatable bonds is 17. The van der Waals surface area contributed by atoms with Crippen molar-refractivity contribution in [1.82, 2.24) is 4.98 Å². The number of ether oxygens (including phenoxy) is 2. The van der Waals surface area contributed by atoms with Crippen molar-refractivity contribution >= 4 is 5.97 Å². The first-order valence-electron chi connectivity index (χ1n) is 14.2. The van der Waals surface area contributed by atoms with E-state index < -0.39 is 0 Å². The summed E-state index contributed by atoms with van der Waals surface area (Å²) in [6, 6.07) is 19.4. The lowest BCUT2D eigenvalue weighted by molar-refractivity contribution is 0.0734. The Labute approximate surface area is 223 Å². The third-order valence-electron chi connectivity index (χ3n) is 6.62. The van der Waals surface area contributed by atoms with Crippen molar-refractivity contribution in [2.24, 2.45) is 0 Å². The molecule has 3 rings (SSSR count). The van der Waals surface area contributed by atoms with Gasteiger partial charge in [-0.2, -0.15) is 0 Å². The van der Waals surface area contributed by atoms with Gasteiger partial charge in [0.25, 0.3) is 0 Å². The summed E-state index contributed by atoms with van der Waals surface area (Å²) in [5, 5.41) is 0.